The number of rotatable bonds is 24. The maximum absolute atomic E-state index is 8.58. The fraction of sp³-hybridized carbons (Fsp3) is 1.00. The van der Waals surface area contributed by atoms with Gasteiger partial charge in [-0.25, -0.2) is 0 Å². The van der Waals surface area contributed by atoms with Crippen molar-refractivity contribution in [2.45, 2.75) is 158 Å². The third-order valence-corrected chi connectivity index (χ3v) is 7.89. The van der Waals surface area contributed by atoms with Crippen molar-refractivity contribution < 1.29 is 38.4 Å². The zero-order valence-corrected chi connectivity index (χ0v) is 29.1. The Bertz CT molecular complexity index is 466. The minimum absolute atomic E-state index is 1.35. The zero-order valence-electron chi connectivity index (χ0n) is 27.9. The Morgan fingerprint density at radius 2 is 0.462 bits per heavy atom. The molecule has 0 aliphatic heterocycles. The molecule has 6 nitrogen and oxygen atoms in total. The Hall–Kier alpha value is -0.0405. The molecule has 0 amide bonds. The van der Waals surface area contributed by atoms with Gasteiger partial charge in [-0.05, 0) is 51.4 Å². The minimum atomic E-state index is -5.62. The summed E-state index contributed by atoms with van der Waals surface area (Å²) in [5.74, 6) is 0. The Balaban J connectivity index is -0.000000566. The van der Waals surface area contributed by atoms with E-state index < -0.39 is 13.4 Å². The predicted octanol–water partition coefficient (Wildman–Crippen LogP) is 7.39. The SMILES string of the molecule is CCCC[N+](CCCC)(CCCC)CCCC.CCCC[N+](CCCC)(CCCC)CCCC.[O]=[Mn](=[O])([O-])[O-]. The van der Waals surface area contributed by atoms with E-state index in [4.69, 9.17) is 16.0 Å². The summed E-state index contributed by atoms with van der Waals surface area (Å²) in [5.41, 5.74) is 0. The number of hydrogen-bond acceptors (Lipinski definition) is 4. The van der Waals surface area contributed by atoms with Gasteiger partial charge in [0, 0.05) is 0 Å². The van der Waals surface area contributed by atoms with Crippen molar-refractivity contribution in [3.8, 4) is 0 Å². The summed E-state index contributed by atoms with van der Waals surface area (Å²) in [5, 5.41) is 0. The van der Waals surface area contributed by atoms with Gasteiger partial charge in [0.2, 0.25) is 0 Å². The van der Waals surface area contributed by atoms with Crippen LogP contribution in [0, 0.1) is 0 Å². The maximum atomic E-state index is 8.58. The molecule has 0 aromatic rings. The molecule has 0 radical (unpaired) electrons. The number of nitrogens with zero attached hydrogens (tertiary/aromatic N) is 2. The number of quaternary nitrogens is 2. The molecule has 0 N–H and O–H groups in total. The molecule has 0 rings (SSSR count). The second-order valence-electron chi connectivity index (χ2n) is 11.7. The second kappa shape index (κ2) is 29.5. The van der Waals surface area contributed by atoms with E-state index in [2.05, 4.69) is 55.4 Å². The van der Waals surface area contributed by atoms with Gasteiger partial charge in [-0.15, -0.1) is 0 Å². The monoisotopic (exact) mass is 603 g/mol. The molecule has 0 aliphatic rings. The van der Waals surface area contributed by atoms with E-state index in [0.29, 0.717) is 0 Å². The van der Waals surface area contributed by atoms with Crippen molar-refractivity contribution in [1.29, 1.82) is 0 Å². The van der Waals surface area contributed by atoms with E-state index in [1.807, 2.05) is 0 Å². The van der Waals surface area contributed by atoms with E-state index in [9.17, 15) is 0 Å². The third-order valence-electron chi connectivity index (χ3n) is 7.89. The first-order chi connectivity index (χ1) is 18.5. The topological polar surface area (TPSA) is 80.3 Å². The van der Waals surface area contributed by atoms with Crippen molar-refractivity contribution >= 4 is 0 Å². The normalized spacial score (nSPS) is 11.9. The molecule has 0 spiro atoms. The van der Waals surface area contributed by atoms with Gasteiger partial charge in [0.1, 0.15) is 0 Å². The molecular weight excluding hydrogens is 531 g/mol. The molecule has 0 heterocycles. The molecule has 0 atom stereocenters. The van der Waals surface area contributed by atoms with Gasteiger partial charge in [-0.1, -0.05) is 107 Å². The summed E-state index contributed by atoms with van der Waals surface area (Å²) in [7, 11) is 0. The number of unbranched alkanes of at least 4 members (excludes halogenated alkanes) is 8. The van der Waals surface area contributed by atoms with Crippen LogP contribution < -0.4 is 8.38 Å². The molecule has 0 bridgehead atoms. The van der Waals surface area contributed by atoms with Crippen LogP contribution in [0.25, 0.3) is 0 Å². The van der Waals surface area contributed by atoms with Crippen LogP contribution in [-0.2, 0) is 21.0 Å². The van der Waals surface area contributed by atoms with Gasteiger partial charge < -0.3 is 8.97 Å². The first-order valence-electron chi connectivity index (χ1n) is 16.8. The summed E-state index contributed by atoms with van der Waals surface area (Å²) >= 11 is -5.62. The van der Waals surface area contributed by atoms with Gasteiger partial charge >= 0.3 is 29.4 Å². The van der Waals surface area contributed by atoms with Gasteiger partial charge in [-0.3, -0.25) is 0 Å². The van der Waals surface area contributed by atoms with E-state index in [1.54, 1.807) is 0 Å². The summed E-state index contributed by atoms with van der Waals surface area (Å²) in [4.78, 5) is 0. The van der Waals surface area contributed by atoms with E-state index >= 15 is 0 Å². The fourth-order valence-corrected chi connectivity index (χ4v) is 5.29. The quantitative estimate of drug-likeness (QED) is 0.0851. The molecule has 7 heteroatoms. The van der Waals surface area contributed by atoms with E-state index in [0.717, 1.165) is 0 Å². The van der Waals surface area contributed by atoms with Gasteiger partial charge in [0.05, 0.1) is 52.4 Å². The van der Waals surface area contributed by atoms with Crippen LogP contribution in [0.2, 0.25) is 0 Å². The first-order valence-corrected chi connectivity index (χ1v) is 18.7. The van der Waals surface area contributed by atoms with Crippen LogP contribution in [0.4, 0.5) is 0 Å². The molecule has 0 aromatic heterocycles. The van der Waals surface area contributed by atoms with Gasteiger partial charge in [0.25, 0.3) is 0 Å². The Morgan fingerprint density at radius 1 is 0.359 bits per heavy atom. The van der Waals surface area contributed by atoms with Crippen molar-refractivity contribution in [3.63, 3.8) is 0 Å². The van der Waals surface area contributed by atoms with Crippen LogP contribution in [0.15, 0.2) is 0 Å². The zero-order chi connectivity index (χ0) is 30.5. The summed E-state index contributed by atoms with van der Waals surface area (Å²) < 4.78 is 37.2. The van der Waals surface area contributed by atoms with Gasteiger partial charge in [-0.2, -0.15) is 0 Å². The Kier molecular flexibility index (Phi) is 32.8. The van der Waals surface area contributed by atoms with E-state index in [1.165, 1.54) is 164 Å². The average Bonchev–Trinajstić information content (AvgIpc) is 2.91. The first kappa shape index (κ1) is 43.4. The average molecular weight is 604 g/mol. The Morgan fingerprint density at radius 3 is 0.538 bits per heavy atom. The molecule has 241 valence electrons. The molecule has 0 saturated heterocycles. The fourth-order valence-electron chi connectivity index (χ4n) is 5.29. The molecule has 0 saturated carbocycles. The van der Waals surface area contributed by atoms with Crippen LogP contribution in [-0.4, -0.2) is 61.3 Å². The second-order valence-corrected chi connectivity index (χ2v) is 12.9. The van der Waals surface area contributed by atoms with Crippen LogP contribution in [0.3, 0.4) is 0 Å². The van der Waals surface area contributed by atoms with Gasteiger partial charge in [0.15, 0.2) is 0 Å². The molecule has 0 fully saturated rings. The summed E-state index contributed by atoms with van der Waals surface area (Å²) in [6.45, 7) is 30.0. The standard InChI is InChI=1S/2C16H36N.Mn.4O/c2*1-5-9-13-17(14-10-6-2,15-11-7-3)16-12-8-4;;;;;/h2*5-16H2,1-4H3;;;;;/q2*+1;;;;2*-1. The molecule has 39 heavy (non-hydrogen) atoms. The van der Waals surface area contributed by atoms with Crippen molar-refractivity contribution in [3.05, 3.63) is 0 Å². The predicted molar refractivity (Wildman–Crippen MR) is 160 cm³/mol. The van der Waals surface area contributed by atoms with Crippen LogP contribution >= 0.6 is 0 Å². The van der Waals surface area contributed by atoms with Crippen molar-refractivity contribution in [2.75, 3.05) is 52.4 Å². The molecule has 0 aliphatic carbocycles. The van der Waals surface area contributed by atoms with E-state index in [-0.39, 0.29) is 0 Å². The Labute approximate surface area is 248 Å². The molecule has 0 unspecified atom stereocenters. The van der Waals surface area contributed by atoms with Crippen LogP contribution in [0.5, 0.6) is 0 Å². The summed E-state index contributed by atoms with van der Waals surface area (Å²) in [6, 6.07) is 0. The van der Waals surface area contributed by atoms with Crippen LogP contribution in [0.1, 0.15) is 158 Å². The molecular formula is C32H72MnN2O4. The third kappa shape index (κ3) is 30.7. The molecule has 0 aromatic carbocycles. The summed E-state index contributed by atoms with van der Waals surface area (Å²) in [6.07, 6.45) is 22.1. The number of hydrogen-bond donors (Lipinski definition) is 0. The van der Waals surface area contributed by atoms with Crippen molar-refractivity contribution in [2.24, 2.45) is 0 Å². The van der Waals surface area contributed by atoms with Crippen molar-refractivity contribution in [1.82, 2.24) is 0 Å².